The molecule has 2 aromatic rings. The number of aromatic nitrogens is 4. The Kier molecular flexibility index (Phi) is 2.85. The van der Waals surface area contributed by atoms with Gasteiger partial charge in [-0.15, -0.1) is 0 Å². The number of nitrogens with zero attached hydrogens (tertiary/aromatic N) is 4. The Morgan fingerprint density at radius 1 is 1.56 bits per heavy atom. The molecule has 1 atom stereocenters. The molecule has 0 aliphatic heterocycles. The lowest BCUT2D eigenvalue weighted by molar-refractivity contribution is -0.178. The summed E-state index contributed by atoms with van der Waals surface area (Å²) >= 11 is 0. The average molecular weight is 252 g/mol. The van der Waals surface area contributed by atoms with Crippen molar-refractivity contribution in [1.29, 1.82) is 0 Å². The van der Waals surface area contributed by atoms with Crippen LogP contribution in [0.3, 0.4) is 0 Å². The van der Waals surface area contributed by atoms with Gasteiger partial charge in [-0.1, -0.05) is 6.92 Å². The molecule has 2 rings (SSSR count). The van der Waals surface area contributed by atoms with Crippen molar-refractivity contribution in [3.63, 3.8) is 0 Å². The van der Waals surface area contributed by atoms with E-state index < -0.39 is 11.7 Å². The molecule has 0 radical (unpaired) electrons. The van der Waals surface area contributed by atoms with Gasteiger partial charge in [0.15, 0.2) is 11.5 Å². The highest BCUT2D eigenvalue weighted by molar-refractivity contribution is 5.84. The summed E-state index contributed by atoms with van der Waals surface area (Å²) in [6.45, 7) is 1.59. The Balaban J connectivity index is 2.67. The summed E-state index contributed by atoms with van der Waals surface area (Å²) in [4.78, 5) is 27.3. The molecule has 9 nitrogen and oxygen atoms in total. The second kappa shape index (κ2) is 4.20. The fourth-order valence-electron chi connectivity index (χ4n) is 1.63. The van der Waals surface area contributed by atoms with Crippen molar-refractivity contribution in [2.45, 2.75) is 19.1 Å². The molecule has 96 valence electrons. The number of hydrogen-bond donors (Lipinski definition) is 3. The molecule has 0 aliphatic rings. The van der Waals surface area contributed by atoms with E-state index in [1.54, 1.807) is 6.92 Å². The second-order valence-corrected chi connectivity index (χ2v) is 3.62. The minimum absolute atomic E-state index is 0.0262. The van der Waals surface area contributed by atoms with Crippen molar-refractivity contribution in [3.05, 3.63) is 12.7 Å². The number of carbonyl (C=O) groups is 1. The Morgan fingerprint density at radius 3 is 2.89 bits per heavy atom. The van der Waals surface area contributed by atoms with Gasteiger partial charge in [0.05, 0.1) is 0 Å². The topological polar surface area (TPSA) is 142 Å². The van der Waals surface area contributed by atoms with Crippen LogP contribution in [0.2, 0.25) is 0 Å². The van der Waals surface area contributed by atoms with Gasteiger partial charge in [-0.05, 0) is 0 Å². The minimum atomic E-state index is -1.98. The number of carbonyl (C=O) groups excluding carboxylic acids is 1. The zero-order valence-corrected chi connectivity index (χ0v) is 9.57. The Labute approximate surface area is 101 Å². The van der Waals surface area contributed by atoms with Gasteiger partial charge in [0.1, 0.15) is 18.2 Å². The molecule has 2 aromatic heterocycles. The molecule has 1 unspecified atom stereocenters. The summed E-state index contributed by atoms with van der Waals surface area (Å²) in [5, 5.41) is 10.3. The third kappa shape index (κ3) is 1.57. The summed E-state index contributed by atoms with van der Waals surface area (Å²) < 4.78 is 1.15. The molecule has 0 saturated heterocycles. The van der Waals surface area contributed by atoms with Gasteiger partial charge in [0.2, 0.25) is 5.72 Å². The third-order valence-electron chi connectivity index (χ3n) is 2.69. The summed E-state index contributed by atoms with van der Waals surface area (Å²) in [6.07, 6.45) is 2.47. The molecule has 0 amide bonds. The highest BCUT2D eigenvalue weighted by Crippen LogP contribution is 2.24. The number of anilines is 1. The molecule has 9 heteroatoms. The quantitative estimate of drug-likeness (QED) is 0.583. The molecule has 0 bridgehead atoms. The van der Waals surface area contributed by atoms with Gasteiger partial charge in [0.25, 0.3) is 0 Å². The lowest BCUT2D eigenvalue weighted by Gasteiger charge is -2.24. The molecule has 0 spiro atoms. The molecule has 0 aromatic carbocycles. The van der Waals surface area contributed by atoms with Crippen LogP contribution in [-0.4, -0.2) is 30.6 Å². The number of hydrogen-bond acceptors (Lipinski definition) is 8. The van der Waals surface area contributed by atoms with E-state index in [0.717, 1.165) is 4.57 Å². The molecule has 18 heavy (non-hydrogen) atoms. The monoisotopic (exact) mass is 252 g/mol. The molecule has 0 fully saturated rings. The first-order valence-corrected chi connectivity index (χ1v) is 5.12. The smallest absolute Gasteiger partial charge is 0.378 e. The van der Waals surface area contributed by atoms with Crippen LogP contribution in [0.4, 0.5) is 5.82 Å². The van der Waals surface area contributed by atoms with Crippen LogP contribution in [0.15, 0.2) is 12.7 Å². The van der Waals surface area contributed by atoms with Crippen LogP contribution in [0.5, 0.6) is 0 Å². The van der Waals surface area contributed by atoms with Crippen molar-refractivity contribution in [2.75, 3.05) is 5.73 Å². The molecular formula is C9H12N6O3. The molecule has 0 saturated carbocycles. The fourth-order valence-corrected chi connectivity index (χ4v) is 1.63. The maximum atomic E-state index is 11.6. The zero-order valence-electron chi connectivity index (χ0n) is 9.57. The third-order valence-corrected chi connectivity index (χ3v) is 2.69. The highest BCUT2D eigenvalue weighted by atomic mass is 16.7. The standard InChI is InChI=1S/C9H12N6O3/c1-2-9(17,8(16)18-11)15-4-14-5-6(10)12-3-13-7(5)15/h3-4,17H,2,11H2,1H3,(H2,10,12,13). The first-order chi connectivity index (χ1) is 8.54. The van der Waals surface area contributed by atoms with Gasteiger partial charge >= 0.3 is 5.97 Å². The predicted octanol–water partition coefficient (Wildman–Crippen LogP) is -1.12. The number of imidazole rings is 1. The number of aliphatic hydroxyl groups is 1. The van der Waals surface area contributed by atoms with Crippen LogP contribution in [0, 0.1) is 0 Å². The van der Waals surface area contributed by atoms with E-state index in [4.69, 9.17) is 11.6 Å². The van der Waals surface area contributed by atoms with Crippen molar-refractivity contribution >= 4 is 23.0 Å². The summed E-state index contributed by atoms with van der Waals surface area (Å²) in [5.74, 6) is 3.95. The lowest BCUT2D eigenvalue weighted by Crippen LogP contribution is -2.43. The van der Waals surface area contributed by atoms with Crippen LogP contribution in [-0.2, 0) is 15.4 Å². The molecule has 5 N–H and O–H groups in total. The highest BCUT2D eigenvalue weighted by Gasteiger charge is 2.39. The van der Waals surface area contributed by atoms with Crippen molar-refractivity contribution in [3.8, 4) is 0 Å². The minimum Gasteiger partial charge on any atom is -0.382 e. The van der Waals surface area contributed by atoms with Gasteiger partial charge < -0.3 is 15.7 Å². The number of nitrogen functional groups attached to an aromatic ring is 1. The first-order valence-electron chi connectivity index (χ1n) is 5.12. The van der Waals surface area contributed by atoms with Crippen molar-refractivity contribution < 1.29 is 14.7 Å². The largest absolute Gasteiger partial charge is 0.382 e. The Hall–Kier alpha value is -2.26. The van der Waals surface area contributed by atoms with Crippen LogP contribution in [0.25, 0.3) is 11.2 Å². The van der Waals surface area contributed by atoms with Crippen LogP contribution in [0.1, 0.15) is 13.3 Å². The van der Waals surface area contributed by atoms with Gasteiger partial charge in [-0.25, -0.2) is 19.7 Å². The maximum absolute atomic E-state index is 11.6. The summed E-state index contributed by atoms with van der Waals surface area (Å²) in [6, 6.07) is 0. The van der Waals surface area contributed by atoms with E-state index in [9.17, 15) is 9.90 Å². The summed E-state index contributed by atoms with van der Waals surface area (Å²) in [7, 11) is 0. The Bertz CT molecular complexity index is 597. The number of fused-ring (bicyclic) bond motifs is 1. The van der Waals surface area contributed by atoms with E-state index in [1.165, 1.54) is 12.7 Å². The average Bonchev–Trinajstić information content (AvgIpc) is 2.82. The Morgan fingerprint density at radius 2 is 2.28 bits per heavy atom. The lowest BCUT2D eigenvalue weighted by atomic mass is 10.1. The fraction of sp³-hybridized carbons (Fsp3) is 0.333. The van der Waals surface area contributed by atoms with Crippen molar-refractivity contribution in [2.24, 2.45) is 5.90 Å². The summed E-state index contributed by atoms with van der Waals surface area (Å²) in [5.41, 5.74) is 4.14. The van der Waals surface area contributed by atoms with Crippen LogP contribution < -0.4 is 11.6 Å². The predicted molar refractivity (Wildman–Crippen MR) is 60.5 cm³/mol. The second-order valence-electron chi connectivity index (χ2n) is 3.62. The number of nitrogens with two attached hydrogens (primary N) is 2. The van der Waals surface area contributed by atoms with E-state index in [0.29, 0.717) is 0 Å². The zero-order chi connectivity index (χ0) is 13.3. The SMILES string of the molecule is CCC(O)(C(=O)ON)n1cnc2c(N)ncnc21. The molecule has 2 heterocycles. The maximum Gasteiger partial charge on any atom is 0.378 e. The van der Waals surface area contributed by atoms with E-state index in [2.05, 4.69) is 19.8 Å². The van der Waals surface area contributed by atoms with Gasteiger partial charge in [-0.3, -0.25) is 4.57 Å². The molecular weight excluding hydrogens is 240 g/mol. The number of rotatable bonds is 3. The van der Waals surface area contributed by atoms with Crippen LogP contribution >= 0.6 is 0 Å². The van der Waals surface area contributed by atoms with Crippen molar-refractivity contribution in [1.82, 2.24) is 19.5 Å². The van der Waals surface area contributed by atoms with Gasteiger partial charge in [0, 0.05) is 6.42 Å². The van der Waals surface area contributed by atoms with Gasteiger partial charge in [-0.2, -0.15) is 5.90 Å². The normalized spacial score (nSPS) is 14.4. The molecule has 0 aliphatic carbocycles. The van der Waals surface area contributed by atoms with E-state index in [1.807, 2.05) is 0 Å². The van der Waals surface area contributed by atoms with E-state index in [-0.39, 0.29) is 23.4 Å². The first kappa shape index (κ1) is 12.2. The van der Waals surface area contributed by atoms with E-state index >= 15 is 0 Å².